The first-order valence-corrected chi connectivity index (χ1v) is 7.37. The zero-order chi connectivity index (χ0) is 13.7. The molecule has 4 nitrogen and oxygen atoms in total. The fourth-order valence-corrected chi connectivity index (χ4v) is 2.72. The Bertz CT molecular complexity index is 419. The number of phenolic OH excluding ortho intramolecular Hbond substituents is 1. The molecule has 0 radical (unpaired) electrons. The lowest BCUT2D eigenvalue weighted by atomic mass is 10.1. The van der Waals surface area contributed by atoms with Crippen LogP contribution in [0.1, 0.15) is 24.8 Å². The second-order valence-electron chi connectivity index (χ2n) is 4.75. The van der Waals surface area contributed by atoms with E-state index in [0.717, 1.165) is 31.7 Å². The first-order chi connectivity index (χ1) is 9.20. The van der Waals surface area contributed by atoms with Crippen LogP contribution in [0.4, 0.5) is 0 Å². The molecule has 2 N–H and O–H groups in total. The molecule has 1 fully saturated rings. The van der Waals surface area contributed by atoms with Crippen LogP contribution in [0, 0.1) is 0 Å². The highest BCUT2D eigenvalue weighted by Gasteiger charge is 2.13. The highest BCUT2D eigenvalue weighted by Crippen LogP contribution is 2.35. The van der Waals surface area contributed by atoms with Gasteiger partial charge in [0.15, 0.2) is 11.5 Å². The lowest BCUT2D eigenvalue weighted by Gasteiger charge is -2.22. The summed E-state index contributed by atoms with van der Waals surface area (Å²) in [7, 11) is 1.55. The van der Waals surface area contributed by atoms with E-state index < -0.39 is 0 Å². The van der Waals surface area contributed by atoms with Crippen LogP contribution >= 0.6 is 15.9 Å². The summed E-state index contributed by atoms with van der Waals surface area (Å²) in [6, 6.07) is 3.74. The van der Waals surface area contributed by atoms with E-state index in [0.29, 0.717) is 16.3 Å². The third-order valence-electron chi connectivity index (χ3n) is 3.28. The molecule has 2 rings (SSSR count). The summed E-state index contributed by atoms with van der Waals surface area (Å²) >= 11 is 3.32. The number of nitrogens with one attached hydrogen (secondary N) is 1. The smallest absolute Gasteiger partial charge is 0.172 e. The molecule has 1 unspecified atom stereocenters. The van der Waals surface area contributed by atoms with Crippen LogP contribution < -0.4 is 10.1 Å². The Labute approximate surface area is 122 Å². The molecule has 1 heterocycles. The lowest BCUT2D eigenvalue weighted by molar-refractivity contribution is 0.0168. The van der Waals surface area contributed by atoms with Crippen molar-refractivity contribution >= 4 is 15.9 Å². The van der Waals surface area contributed by atoms with E-state index >= 15 is 0 Å². The van der Waals surface area contributed by atoms with E-state index in [9.17, 15) is 5.11 Å². The zero-order valence-electron chi connectivity index (χ0n) is 11.1. The molecule has 1 aromatic carbocycles. The van der Waals surface area contributed by atoms with Crippen molar-refractivity contribution < 1.29 is 14.6 Å². The van der Waals surface area contributed by atoms with E-state index in [1.807, 2.05) is 12.1 Å². The van der Waals surface area contributed by atoms with Crippen LogP contribution in [0.5, 0.6) is 11.5 Å². The van der Waals surface area contributed by atoms with Gasteiger partial charge in [0.05, 0.1) is 17.7 Å². The molecule has 1 atom stereocenters. The van der Waals surface area contributed by atoms with Crippen molar-refractivity contribution in [1.29, 1.82) is 0 Å². The largest absolute Gasteiger partial charge is 0.503 e. The van der Waals surface area contributed by atoms with Crippen molar-refractivity contribution in [3.63, 3.8) is 0 Å². The van der Waals surface area contributed by atoms with E-state index in [1.54, 1.807) is 7.11 Å². The molecule has 0 amide bonds. The monoisotopic (exact) mass is 329 g/mol. The van der Waals surface area contributed by atoms with Gasteiger partial charge in [-0.05, 0) is 52.9 Å². The standard InChI is InChI=1S/C14H20BrNO3/c1-18-13-7-10(6-12(15)14(13)17)8-16-9-11-4-2-3-5-19-11/h6-7,11,16-17H,2-5,8-9H2,1H3. The Morgan fingerprint density at radius 2 is 2.32 bits per heavy atom. The predicted molar refractivity (Wildman–Crippen MR) is 77.7 cm³/mol. The van der Waals surface area contributed by atoms with E-state index in [2.05, 4.69) is 21.2 Å². The molecule has 0 aromatic heterocycles. The predicted octanol–water partition coefficient (Wildman–Crippen LogP) is 2.82. The highest BCUT2D eigenvalue weighted by molar-refractivity contribution is 9.10. The fraction of sp³-hybridized carbons (Fsp3) is 0.571. The fourth-order valence-electron chi connectivity index (χ4n) is 2.23. The maximum absolute atomic E-state index is 9.74. The first kappa shape index (κ1) is 14.6. The number of rotatable bonds is 5. The zero-order valence-corrected chi connectivity index (χ0v) is 12.7. The number of hydrogen-bond acceptors (Lipinski definition) is 4. The third kappa shape index (κ3) is 4.09. The average Bonchev–Trinajstić information content (AvgIpc) is 2.43. The van der Waals surface area contributed by atoms with Crippen LogP contribution in [0.25, 0.3) is 0 Å². The summed E-state index contributed by atoms with van der Waals surface area (Å²) in [6.07, 6.45) is 3.90. The van der Waals surface area contributed by atoms with Crippen LogP contribution in [-0.2, 0) is 11.3 Å². The van der Waals surface area contributed by atoms with Crippen LogP contribution in [0.2, 0.25) is 0 Å². The van der Waals surface area contributed by atoms with Gasteiger partial charge in [-0.3, -0.25) is 0 Å². The van der Waals surface area contributed by atoms with Gasteiger partial charge in [-0.2, -0.15) is 0 Å². The van der Waals surface area contributed by atoms with Gasteiger partial charge in [-0.1, -0.05) is 0 Å². The summed E-state index contributed by atoms with van der Waals surface area (Å²) in [6.45, 7) is 2.47. The Morgan fingerprint density at radius 1 is 1.47 bits per heavy atom. The molecule has 1 saturated heterocycles. The SMILES string of the molecule is COc1cc(CNCC2CCCCO2)cc(Br)c1O. The number of aromatic hydroxyl groups is 1. The van der Waals surface area contributed by atoms with Crippen LogP contribution in [0.3, 0.4) is 0 Å². The van der Waals surface area contributed by atoms with Crippen molar-refractivity contribution in [3.05, 3.63) is 22.2 Å². The highest BCUT2D eigenvalue weighted by atomic mass is 79.9. The number of ether oxygens (including phenoxy) is 2. The van der Waals surface area contributed by atoms with Crippen molar-refractivity contribution in [2.24, 2.45) is 0 Å². The third-order valence-corrected chi connectivity index (χ3v) is 3.89. The number of phenols is 1. The van der Waals surface area contributed by atoms with Crippen molar-refractivity contribution in [2.75, 3.05) is 20.3 Å². The van der Waals surface area contributed by atoms with Crippen LogP contribution in [0.15, 0.2) is 16.6 Å². The number of benzene rings is 1. The van der Waals surface area contributed by atoms with Gasteiger partial charge >= 0.3 is 0 Å². The summed E-state index contributed by atoms with van der Waals surface area (Å²) < 4.78 is 11.4. The molecule has 1 aromatic rings. The van der Waals surface area contributed by atoms with Gasteiger partial charge < -0.3 is 19.9 Å². The molecule has 0 saturated carbocycles. The average molecular weight is 330 g/mol. The normalized spacial score (nSPS) is 19.4. The van der Waals surface area contributed by atoms with Crippen molar-refractivity contribution in [1.82, 2.24) is 5.32 Å². The molecule has 0 aliphatic carbocycles. The lowest BCUT2D eigenvalue weighted by Crippen LogP contribution is -2.31. The Hall–Kier alpha value is -0.780. The topological polar surface area (TPSA) is 50.7 Å². The van der Waals surface area contributed by atoms with E-state index in [4.69, 9.17) is 9.47 Å². The minimum absolute atomic E-state index is 0.141. The molecule has 106 valence electrons. The minimum atomic E-state index is 0.141. The Morgan fingerprint density at radius 3 is 3.00 bits per heavy atom. The molecule has 1 aliphatic heterocycles. The number of hydrogen-bond donors (Lipinski definition) is 2. The quantitative estimate of drug-likeness (QED) is 0.872. The summed E-state index contributed by atoms with van der Waals surface area (Å²) in [5.74, 6) is 0.627. The Balaban J connectivity index is 1.86. The molecule has 19 heavy (non-hydrogen) atoms. The van der Waals surface area contributed by atoms with E-state index in [1.165, 1.54) is 12.8 Å². The summed E-state index contributed by atoms with van der Waals surface area (Å²) in [5.41, 5.74) is 1.07. The van der Waals surface area contributed by atoms with Gasteiger partial charge in [-0.15, -0.1) is 0 Å². The maximum Gasteiger partial charge on any atom is 0.172 e. The molecule has 0 spiro atoms. The minimum Gasteiger partial charge on any atom is -0.503 e. The molecule has 0 bridgehead atoms. The maximum atomic E-state index is 9.74. The molecular weight excluding hydrogens is 310 g/mol. The van der Waals surface area contributed by atoms with Crippen molar-refractivity contribution in [2.45, 2.75) is 31.9 Å². The molecule has 1 aliphatic rings. The second kappa shape index (κ2) is 7.12. The van der Waals surface area contributed by atoms with Gasteiger partial charge in [0.1, 0.15) is 0 Å². The van der Waals surface area contributed by atoms with Crippen molar-refractivity contribution in [3.8, 4) is 11.5 Å². The second-order valence-corrected chi connectivity index (χ2v) is 5.60. The van der Waals surface area contributed by atoms with Gasteiger partial charge in [0, 0.05) is 19.7 Å². The molecule has 5 heteroatoms. The van der Waals surface area contributed by atoms with Gasteiger partial charge in [0.25, 0.3) is 0 Å². The number of methoxy groups -OCH3 is 1. The Kier molecular flexibility index (Phi) is 5.48. The first-order valence-electron chi connectivity index (χ1n) is 6.58. The number of halogens is 1. The van der Waals surface area contributed by atoms with Crippen LogP contribution in [-0.4, -0.2) is 31.5 Å². The van der Waals surface area contributed by atoms with Gasteiger partial charge in [0.2, 0.25) is 0 Å². The summed E-state index contributed by atoms with van der Waals surface area (Å²) in [4.78, 5) is 0. The van der Waals surface area contributed by atoms with Gasteiger partial charge in [-0.25, -0.2) is 0 Å². The summed E-state index contributed by atoms with van der Waals surface area (Å²) in [5, 5.41) is 13.1. The molecular formula is C14H20BrNO3. The van der Waals surface area contributed by atoms with E-state index in [-0.39, 0.29) is 5.75 Å².